The van der Waals surface area contributed by atoms with Gasteiger partial charge in [-0.05, 0) is 33.8 Å². The van der Waals surface area contributed by atoms with Gasteiger partial charge in [0, 0.05) is 5.46 Å². The van der Waals surface area contributed by atoms with Crippen molar-refractivity contribution in [3.05, 3.63) is 33.9 Å². The topological polar surface area (TPSA) is 61.6 Å². The van der Waals surface area contributed by atoms with Crippen molar-refractivity contribution in [1.82, 2.24) is 0 Å². The number of benzene rings is 1. The molecular formula is C12H14BF2NO4. The van der Waals surface area contributed by atoms with Crippen LogP contribution < -0.4 is 5.46 Å². The first-order chi connectivity index (χ1) is 9.05. The first-order valence-electron chi connectivity index (χ1n) is 6.04. The summed E-state index contributed by atoms with van der Waals surface area (Å²) in [4.78, 5) is 9.73. The van der Waals surface area contributed by atoms with Crippen LogP contribution in [0.25, 0.3) is 0 Å². The first kappa shape index (κ1) is 14.9. The normalized spacial score (nSPS) is 20.2. The van der Waals surface area contributed by atoms with Crippen LogP contribution in [0.5, 0.6) is 0 Å². The van der Waals surface area contributed by atoms with Gasteiger partial charge >= 0.3 is 12.8 Å². The van der Waals surface area contributed by atoms with Gasteiger partial charge in [-0.1, -0.05) is 0 Å². The third-order valence-corrected chi connectivity index (χ3v) is 3.75. The highest BCUT2D eigenvalue weighted by molar-refractivity contribution is 6.62. The minimum absolute atomic E-state index is 0.310. The fraction of sp³-hybridized carbons (Fsp3) is 0.500. The van der Waals surface area contributed by atoms with E-state index in [1.165, 1.54) is 0 Å². The van der Waals surface area contributed by atoms with Crippen LogP contribution in [0.4, 0.5) is 14.5 Å². The molecular weight excluding hydrogens is 271 g/mol. The number of hydrogen-bond acceptors (Lipinski definition) is 4. The minimum atomic E-state index is -1.19. The lowest BCUT2D eigenvalue weighted by molar-refractivity contribution is -0.387. The second kappa shape index (κ2) is 4.49. The Labute approximate surface area is 115 Å². The Balaban J connectivity index is 2.48. The van der Waals surface area contributed by atoms with E-state index in [0.29, 0.717) is 6.07 Å². The zero-order valence-electron chi connectivity index (χ0n) is 11.6. The molecule has 0 aromatic heterocycles. The van der Waals surface area contributed by atoms with Gasteiger partial charge in [-0.2, -0.15) is 4.39 Å². The van der Waals surface area contributed by atoms with E-state index in [2.05, 4.69) is 0 Å². The summed E-state index contributed by atoms with van der Waals surface area (Å²) in [7, 11) is -1.19. The van der Waals surface area contributed by atoms with Crippen molar-refractivity contribution in [3.8, 4) is 0 Å². The largest absolute Gasteiger partial charge is 0.498 e. The summed E-state index contributed by atoms with van der Waals surface area (Å²) in [6, 6.07) is 1.38. The van der Waals surface area contributed by atoms with Crippen LogP contribution in [-0.2, 0) is 9.31 Å². The van der Waals surface area contributed by atoms with Crippen LogP contribution in [0.2, 0.25) is 0 Å². The highest BCUT2D eigenvalue weighted by atomic mass is 19.1. The number of halogens is 2. The lowest BCUT2D eigenvalue weighted by Gasteiger charge is -2.32. The lowest BCUT2D eigenvalue weighted by Crippen LogP contribution is -2.41. The molecule has 0 saturated carbocycles. The van der Waals surface area contributed by atoms with E-state index in [4.69, 9.17) is 9.31 Å². The molecule has 1 heterocycles. The Hall–Kier alpha value is -1.54. The molecule has 1 aliphatic heterocycles. The van der Waals surface area contributed by atoms with Gasteiger partial charge in [0.1, 0.15) is 5.82 Å². The molecule has 0 radical (unpaired) electrons. The third kappa shape index (κ3) is 2.29. The maximum Gasteiger partial charge on any atom is 0.498 e. The summed E-state index contributed by atoms with van der Waals surface area (Å²) in [6.45, 7) is 6.99. The van der Waals surface area contributed by atoms with Gasteiger partial charge in [-0.3, -0.25) is 10.1 Å². The van der Waals surface area contributed by atoms with Crippen molar-refractivity contribution in [3.63, 3.8) is 0 Å². The van der Waals surface area contributed by atoms with Crippen LogP contribution >= 0.6 is 0 Å². The first-order valence-corrected chi connectivity index (χ1v) is 6.04. The molecule has 20 heavy (non-hydrogen) atoms. The summed E-state index contributed by atoms with van der Waals surface area (Å²) < 4.78 is 38.7. The average molecular weight is 285 g/mol. The molecule has 5 nitrogen and oxygen atoms in total. The molecule has 1 saturated heterocycles. The Morgan fingerprint density at radius 3 is 2.10 bits per heavy atom. The van der Waals surface area contributed by atoms with Crippen molar-refractivity contribution in [2.75, 3.05) is 0 Å². The predicted octanol–water partition coefficient (Wildman–Crippen LogP) is 2.17. The SMILES string of the molecule is CC1(C)OB(c2cc(F)cc([N+](=O)[O-])c2F)OC1(C)C. The summed E-state index contributed by atoms with van der Waals surface area (Å²) in [6.07, 6.45) is 0. The third-order valence-electron chi connectivity index (χ3n) is 3.75. The minimum Gasteiger partial charge on any atom is -0.399 e. The number of nitro groups is 1. The summed E-state index contributed by atoms with van der Waals surface area (Å²) in [5.74, 6) is -2.06. The molecule has 0 unspecified atom stereocenters. The molecule has 108 valence electrons. The van der Waals surface area contributed by atoms with Gasteiger partial charge in [0.05, 0.1) is 22.2 Å². The van der Waals surface area contributed by atoms with E-state index >= 15 is 0 Å². The molecule has 1 aromatic rings. The highest BCUT2D eigenvalue weighted by Crippen LogP contribution is 2.37. The van der Waals surface area contributed by atoms with E-state index < -0.39 is 40.6 Å². The van der Waals surface area contributed by atoms with Gasteiger partial charge in [0.2, 0.25) is 5.82 Å². The van der Waals surface area contributed by atoms with E-state index in [1.54, 1.807) is 27.7 Å². The summed E-state index contributed by atoms with van der Waals surface area (Å²) in [5.41, 5.74) is -2.73. The van der Waals surface area contributed by atoms with Gasteiger partial charge < -0.3 is 9.31 Å². The fourth-order valence-electron chi connectivity index (χ4n) is 1.87. The van der Waals surface area contributed by atoms with E-state index in [1.807, 2.05) is 0 Å². The van der Waals surface area contributed by atoms with Crippen LogP contribution in [-0.4, -0.2) is 23.2 Å². The zero-order valence-corrected chi connectivity index (χ0v) is 11.6. The Bertz CT molecular complexity index is 561. The molecule has 1 fully saturated rings. The van der Waals surface area contributed by atoms with Gasteiger partial charge in [-0.15, -0.1) is 0 Å². The van der Waals surface area contributed by atoms with E-state index in [-0.39, 0.29) is 5.46 Å². The Morgan fingerprint density at radius 2 is 1.65 bits per heavy atom. The maximum absolute atomic E-state index is 14.1. The van der Waals surface area contributed by atoms with E-state index in [9.17, 15) is 18.9 Å². The van der Waals surface area contributed by atoms with Crippen molar-refractivity contribution in [2.24, 2.45) is 0 Å². The molecule has 0 spiro atoms. The van der Waals surface area contributed by atoms with Crippen LogP contribution in [0.1, 0.15) is 27.7 Å². The molecule has 8 heteroatoms. The summed E-state index contributed by atoms with van der Waals surface area (Å²) >= 11 is 0. The van der Waals surface area contributed by atoms with Crippen molar-refractivity contribution in [2.45, 2.75) is 38.9 Å². The number of rotatable bonds is 2. The average Bonchev–Trinajstić information content (AvgIpc) is 2.50. The number of nitro benzene ring substituents is 1. The number of hydrogen-bond donors (Lipinski definition) is 0. The predicted molar refractivity (Wildman–Crippen MR) is 68.7 cm³/mol. The summed E-state index contributed by atoms with van der Waals surface area (Å²) in [5, 5.41) is 10.7. The Kier molecular flexibility index (Phi) is 3.34. The van der Waals surface area contributed by atoms with Crippen LogP contribution in [0, 0.1) is 21.7 Å². The van der Waals surface area contributed by atoms with Crippen molar-refractivity contribution >= 4 is 18.3 Å². The monoisotopic (exact) mass is 285 g/mol. The molecule has 0 aliphatic carbocycles. The second-order valence-corrected chi connectivity index (χ2v) is 5.67. The number of nitrogens with zero attached hydrogens (tertiary/aromatic N) is 1. The van der Waals surface area contributed by atoms with Gasteiger partial charge in [0.15, 0.2) is 0 Å². The molecule has 1 aromatic carbocycles. The molecule has 0 N–H and O–H groups in total. The van der Waals surface area contributed by atoms with Crippen molar-refractivity contribution in [1.29, 1.82) is 0 Å². The lowest BCUT2D eigenvalue weighted by atomic mass is 9.78. The maximum atomic E-state index is 14.1. The van der Waals surface area contributed by atoms with Gasteiger partial charge in [0.25, 0.3) is 0 Å². The highest BCUT2D eigenvalue weighted by Gasteiger charge is 2.53. The zero-order chi connectivity index (χ0) is 15.3. The van der Waals surface area contributed by atoms with Crippen LogP contribution in [0.15, 0.2) is 12.1 Å². The standard InChI is InChI=1S/C12H14BF2NO4/c1-11(2)12(3,4)20-13(19-11)8-5-7(14)6-9(10(8)15)16(17)18/h5-6H,1-4H3. The molecule has 2 rings (SSSR count). The Morgan fingerprint density at radius 1 is 1.15 bits per heavy atom. The van der Waals surface area contributed by atoms with Gasteiger partial charge in [-0.25, -0.2) is 4.39 Å². The second-order valence-electron chi connectivity index (χ2n) is 5.67. The quantitative estimate of drug-likeness (QED) is 0.474. The smallest absolute Gasteiger partial charge is 0.399 e. The molecule has 0 amide bonds. The van der Waals surface area contributed by atoms with Crippen molar-refractivity contribution < 1.29 is 23.0 Å². The van der Waals surface area contributed by atoms with Crippen LogP contribution in [0.3, 0.4) is 0 Å². The fourth-order valence-corrected chi connectivity index (χ4v) is 1.87. The molecule has 1 aliphatic rings. The molecule has 0 atom stereocenters. The molecule has 0 bridgehead atoms. The van der Waals surface area contributed by atoms with E-state index in [0.717, 1.165) is 6.07 Å².